The Balaban J connectivity index is 1.45. The molecule has 0 spiro atoms. The molecule has 2 aliphatic rings. The molecule has 0 bridgehead atoms. The number of aliphatic carboxylic acids is 1. The molecule has 4 heteroatoms. The SMILES string of the molecule is O=C(O)CC1(NC(=O)C2CC2c2ccc3ccccc3c2)CCC1. The number of benzene rings is 2. The highest BCUT2D eigenvalue weighted by molar-refractivity contribution is 5.86. The highest BCUT2D eigenvalue weighted by atomic mass is 16.4. The molecular formula is C20H21NO3. The fraction of sp³-hybridized carbons (Fsp3) is 0.400. The summed E-state index contributed by atoms with van der Waals surface area (Å²) in [5.41, 5.74) is 0.703. The topological polar surface area (TPSA) is 66.4 Å². The highest BCUT2D eigenvalue weighted by Crippen LogP contribution is 2.49. The Bertz CT molecular complexity index is 809. The number of hydrogen-bond acceptors (Lipinski definition) is 2. The van der Waals surface area contributed by atoms with Crippen LogP contribution in [0.15, 0.2) is 42.5 Å². The molecule has 0 aromatic heterocycles. The second-order valence-electron chi connectivity index (χ2n) is 7.25. The Morgan fingerprint density at radius 3 is 2.54 bits per heavy atom. The molecule has 2 aromatic rings. The van der Waals surface area contributed by atoms with Crippen LogP contribution in [0.2, 0.25) is 0 Å². The van der Waals surface area contributed by atoms with E-state index in [4.69, 9.17) is 5.11 Å². The van der Waals surface area contributed by atoms with Gasteiger partial charge in [-0.1, -0.05) is 42.5 Å². The van der Waals surface area contributed by atoms with Gasteiger partial charge in [0.25, 0.3) is 0 Å². The Morgan fingerprint density at radius 2 is 1.88 bits per heavy atom. The molecule has 4 rings (SSSR count). The van der Waals surface area contributed by atoms with Crippen molar-refractivity contribution in [3.8, 4) is 0 Å². The van der Waals surface area contributed by atoms with Crippen LogP contribution in [-0.4, -0.2) is 22.5 Å². The van der Waals surface area contributed by atoms with Crippen molar-refractivity contribution in [3.05, 3.63) is 48.0 Å². The number of carbonyl (C=O) groups is 2. The molecule has 0 aliphatic heterocycles. The maximum Gasteiger partial charge on any atom is 0.305 e. The Kier molecular flexibility index (Phi) is 3.56. The van der Waals surface area contributed by atoms with Crippen molar-refractivity contribution in [3.63, 3.8) is 0 Å². The van der Waals surface area contributed by atoms with Gasteiger partial charge in [0.1, 0.15) is 0 Å². The van der Waals surface area contributed by atoms with Gasteiger partial charge in [0.2, 0.25) is 5.91 Å². The standard InChI is InChI=1S/C20H21NO3/c22-18(23)12-20(8-3-9-20)21-19(24)17-11-16(17)15-7-6-13-4-1-2-5-14(13)10-15/h1-2,4-7,10,16-17H,3,8-9,11-12H2,(H,21,24)(H,22,23). The van der Waals surface area contributed by atoms with E-state index in [-0.39, 0.29) is 24.2 Å². The number of amides is 1. The summed E-state index contributed by atoms with van der Waals surface area (Å²) in [7, 11) is 0. The van der Waals surface area contributed by atoms with Crippen LogP contribution in [0.4, 0.5) is 0 Å². The van der Waals surface area contributed by atoms with Crippen molar-refractivity contribution in [2.45, 2.75) is 43.6 Å². The quantitative estimate of drug-likeness (QED) is 0.885. The number of carboxylic acids is 1. The smallest absolute Gasteiger partial charge is 0.305 e. The average Bonchev–Trinajstić information content (AvgIpc) is 3.32. The summed E-state index contributed by atoms with van der Waals surface area (Å²) in [6.45, 7) is 0. The first kappa shape index (κ1) is 15.2. The van der Waals surface area contributed by atoms with Crippen molar-refractivity contribution in [2.24, 2.45) is 5.92 Å². The number of carboxylic acid groups (broad SMARTS) is 1. The molecule has 24 heavy (non-hydrogen) atoms. The second-order valence-corrected chi connectivity index (χ2v) is 7.25. The van der Waals surface area contributed by atoms with Gasteiger partial charge in [-0.05, 0) is 47.9 Å². The van der Waals surface area contributed by atoms with E-state index in [1.807, 2.05) is 12.1 Å². The van der Waals surface area contributed by atoms with E-state index in [9.17, 15) is 9.59 Å². The summed E-state index contributed by atoms with van der Waals surface area (Å²) in [4.78, 5) is 23.6. The van der Waals surface area contributed by atoms with Gasteiger partial charge in [-0.15, -0.1) is 0 Å². The predicted octanol–water partition coefficient (Wildman–Crippen LogP) is 3.46. The average molecular weight is 323 g/mol. The summed E-state index contributed by atoms with van der Waals surface area (Å²) in [6, 6.07) is 14.6. The minimum atomic E-state index is -0.836. The van der Waals surface area contributed by atoms with Crippen molar-refractivity contribution < 1.29 is 14.7 Å². The Labute approximate surface area is 140 Å². The minimum absolute atomic E-state index is 0.0163. The molecule has 2 N–H and O–H groups in total. The van der Waals surface area contributed by atoms with E-state index in [0.29, 0.717) is 0 Å². The molecular weight excluding hydrogens is 302 g/mol. The van der Waals surface area contributed by atoms with Crippen molar-refractivity contribution in [2.75, 3.05) is 0 Å². The lowest BCUT2D eigenvalue weighted by Gasteiger charge is -2.41. The lowest BCUT2D eigenvalue weighted by Crippen LogP contribution is -2.55. The van der Waals surface area contributed by atoms with Crippen LogP contribution < -0.4 is 5.32 Å². The molecule has 0 radical (unpaired) electrons. The lowest BCUT2D eigenvalue weighted by molar-refractivity contribution is -0.140. The maximum absolute atomic E-state index is 12.5. The normalized spacial score (nSPS) is 24.2. The zero-order chi connectivity index (χ0) is 16.7. The van der Waals surface area contributed by atoms with Crippen LogP contribution in [0.3, 0.4) is 0 Å². The largest absolute Gasteiger partial charge is 0.481 e. The lowest BCUT2D eigenvalue weighted by atomic mass is 9.74. The zero-order valence-corrected chi connectivity index (χ0v) is 13.5. The second kappa shape index (κ2) is 5.62. The van der Waals surface area contributed by atoms with Crippen LogP contribution >= 0.6 is 0 Å². The van der Waals surface area contributed by atoms with E-state index < -0.39 is 11.5 Å². The predicted molar refractivity (Wildman–Crippen MR) is 91.8 cm³/mol. The van der Waals surface area contributed by atoms with Crippen LogP contribution in [0.25, 0.3) is 10.8 Å². The first-order valence-corrected chi connectivity index (χ1v) is 8.59. The molecule has 1 amide bonds. The van der Waals surface area contributed by atoms with Crippen molar-refractivity contribution >= 4 is 22.6 Å². The van der Waals surface area contributed by atoms with Crippen molar-refractivity contribution in [1.29, 1.82) is 0 Å². The van der Waals surface area contributed by atoms with Gasteiger partial charge < -0.3 is 10.4 Å². The third kappa shape index (κ3) is 2.77. The molecule has 2 saturated carbocycles. The summed E-state index contributed by atoms with van der Waals surface area (Å²) in [5.74, 6) is -0.569. The zero-order valence-electron chi connectivity index (χ0n) is 13.5. The van der Waals surface area contributed by atoms with Gasteiger partial charge in [0, 0.05) is 5.92 Å². The third-order valence-electron chi connectivity index (χ3n) is 5.52. The summed E-state index contributed by atoms with van der Waals surface area (Å²) in [5, 5.41) is 14.5. The number of fused-ring (bicyclic) bond motifs is 1. The molecule has 2 fully saturated rings. The van der Waals surface area contributed by atoms with Crippen LogP contribution in [0.1, 0.15) is 43.6 Å². The van der Waals surface area contributed by atoms with E-state index in [0.717, 1.165) is 25.7 Å². The summed E-state index contributed by atoms with van der Waals surface area (Å²) >= 11 is 0. The van der Waals surface area contributed by atoms with Crippen molar-refractivity contribution in [1.82, 2.24) is 5.32 Å². The summed E-state index contributed by atoms with van der Waals surface area (Å²) in [6.07, 6.45) is 3.43. The van der Waals surface area contributed by atoms with Gasteiger partial charge in [-0.25, -0.2) is 0 Å². The molecule has 2 unspecified atom stereocenters. The van der Waals surface area contributed by atoms with Crippen LogP contribution in [-0.2, 0) is 9.59 Å². The summed E-state index contributed by atoms with van der Waals surface area (Å²) < 4.78 is 0. The van der Waals surface area contributed by atoms with E-state index in [2.05, 4.69) is 35.6 Å². The van der Waals surface area contributed by atoms with Gasteiger partial charge in [-0.3, -0.25) is 9.59 Å². The van der Waals surface area contributed by atoms with Gasteiger partial charge in [-0.2, -0.15) is 0 Å². The maximum atomic E-state index is 12.5. The fourth-order valence-electron chi connectivity index (χ4n) is 3.88. The van der Waals surface area contributed by atoms with Gasteiger partial charge in [0.05, 0.1) is 12.0 Å². The third-order valence-corrected chi connectivity index (χ3v) is 5.52. The monoisotopic (exact) mass is 323 g/mol. The number of hydrogen-bond donors (Lipinski definition) is 2. The van der Waals surface area contributed by atoms with E-state index >= 15 is 0 Å². The number of rotatable bonds is 5. The number of carbonyl (C=O) groups excluding carboxylic acids is 1. The Morgan fingerprint density at radius 1 is 1.12 bits per heavy atom. The van der Waals surface area contributed by atoms with E-state index in [1.165, 1.54) is 16.3 Å². The molecule has 0 heterocycles. The van der Waals surface area contributed by atoms with Crippen LogP contribution in [0.5, 0.6) is 0 Å². The van der Waals surface area contributed by atoms with Gasteiger partial charge >= 0.3 is 5.97 Å². The molecule has 4 nitrogen and oxygen atoms in total. The van der Waals surface area contributed by atoms with Gasteiger partial charge in [0.15, 0.2) is 0 Å². The molecule has 0 saturated heterocycles. The minimum Gasteiger partial charge on any atom is -0.481 e. The molecule has 2 aliphatic carbocycles. The van der Waals surface area contributed by atoms with E-state index in [1.54, 1.807) is 0 Å². The molecule has 124 valence electrons. The highest BCUT2D eigenvalue weighted by Gasteiger charge is 2.48. The molecule has 2 atom stereocenters. The first-order valence-electron chi connectivity index (χ1n) is 8.59. The first-order chi connectivity index (χ1) is 11.6. The molecule has 2 aromatic carbocycles. The Hall–Kier alpha value is -2.36. The number of nitrogens with one attached hydrogen (secondary N) is 1. The van der Waals surface area contributed by atoms with Crippen LogP contribution in [0, 0.1) is 5.92 Å². The fourth-order valence-corrected chi connectivity index (χ4v) is 3.88.